The lowest BCUT2D eigenvalue weighted by Gasteiger charge is -2.34. The van der Waals surface area contributed by atoms with E-state index in [1.54, 1.807) is 23.1 Å². The summed E-state index contributed by atoms with van der Waals surface area (Å²) < 4.78 is 10.7. The van der Waals surface area contributed by atoms with Crippen molar-refractivity contribution in [2.75, 3.05) is 39.5 Å². The van der Waals surface area contributed by atoms with Gasteiger partial charge in [-0.1, -0.05) is 48.6 Å². The van der Waals surface area contributed by atoms with Gasteiger partial charge in [0, 0.05) is 32.7 Å². The number of hydrogen-bond donors (Lipinski definition) is 1. The Morgan fingerprint density at radius 3 is 2.57 bits per heavy atom. The second kappa shape index (κ2) is 10.2. The topological polar surface area (TPSA) is 91.4 Å². The minimum Gasteiger partial charge on any atom is -0.454 e. The normalized spacial score (nSPS) is 20.1. The molecule has 2 aromatic rings. The molecule has 9 heteroatoms. The minimum absolute atomic E-state index is 0.0316. The zero-order valence-electron chi connectivity index (χ0n) is 19.4. The average molecular weight is 477 g/mol. The van der Waals surface area contributed by atoms with Gasteiger partial charge in [-0.15, -0.1) is 0 Å². The summed E-state index contributed by atoms with van der Waals surface area (Å²) in [6.07, 6.45) is 4.20. The fourth-order valence-electron chi connectivity index (χ4n) is 4.47. The van der Waals surface area contributed by atoms with Crippen LogP contribution in [0.4, 0.5) is 4.79 Å². The van der Waals surface area contributed by atoms with E-state index in [2.05, 4.69) is 34.5 Å². The summed E-state index contributed by atoms with van der Waals surface area (Å²) in [5.41, 5.74) is 1.92. The molecule has 0 spiro atoms. The number of fused-ring (bicyclic) bond motifs is 1. The van der Waals surface area contributed by atoms with Crippen LogP contribution in [0.5, 0.6) is 11.5 Å². The second-order valence-corrected chi connectivity index (χ2v) is 8.81. The highest BCUT2D eigenvalue weighted by molar-refractivity contribution is 6.05. The van der Waals surface area contributed by atoms with Crippen LogP contribution in [0.25, 0.3) is 6.08 Å². The number of nitrogens with one attached hydrogen (secondary N) is 1. The molecule has 182 valence electrons. The maximum Gasteiger partial charge on any atom is 0.325 e. The maximum absolute atomic E-state index is 12.9. The molecule has 9 nitrogen and oxygen atoms in total. The zero-order valence-corrected chi connectivity index (χ0v) is 19.4. The lowest BCUT2D eigenvalue weighted by atomic mass is 10.1. The number of imide groups is 1. The van der Waals surface area contributed by atoms with Crippen molar-refractivity contribution in [3.8, 4) is 11.5 Å². The molecular formula is C26H28N4O5. The quantitative estimate of drug-likeness (QED) is 0.616. The van der Waals surface area contributed by atoms with Crippen LogP contribution in [0.15, 0.2) is 54.6 Å². The number of hydrogen-bond acceptors (Lipinski definition) is 6. The summed E-state index contributed by atoms with van der Waals surface area (Å²) in [6, 6.07) is 14.1. The highest BCUT2D eigenvalue weighted by atomic mass is 16.7. The Morgan fingerprint density at radius 2 is 1.77 bits per heavy atom. The number of rotatable bonds is 7. The van der Waals surface area contributed by atoms with E-state index in [0.717, 1.165) is 35.7 Å². The molecule has 1 atom stereocenters. The van der Waals surface area contributed by atoms with Crippen LogP contribution < -0.4 is 14.8 Å². The Labute approximate surface area is 203 Å². The van der Waals surface area contributed by atoms with Gasteiger partial charge >= 0.3 is 6.03 Å². The van der Waals surface area contributed by atoms with Gasteiger partial charge in [0.15, 0.2) is 11.5 Å². The first-order valence-corrected chi connectivity index (χ1v) is 11.8. The number of nitrogens with zero attached hydrogens (tertiary/aromatic N) is 3. The highest BCUT2D eigenvalue weighted by Gasteiger charge is 2.40. The molecule has 0 aliphatic carbocycles. The third-order valence-corrected chi connectivity index (χ3v) is 6.46. The third kappa shape index (κ3) is 5.30. The van der Waals surface area contributed by atoms with Crippen LogP contribution in [0.2, 0.25) is 0 Å². The number of ether oxygens (including phenoxy) is 2. The lowest BCUT2D eigenvalue weighted by Crippen LogP contribution is -2.50. The van der Waals surface area contributed by atoms with Crippen molar-refractivity contribution >= 4 is 23.9 Å². The highest BCUT2D eigenvalue weighted by Crippen LogP contribution is 2.33. The van der Waals surface area contributed by atoms with Gasteiger partial charge in [0.25, 0.3) is 5.91 Å². The molecule has 2 saturated heterocycles. The third-order valence-electron chi connectivity index (χ3n) is 6.46. The van der Waals surface area contributed by atoms with Gasteiger partial charge < -0.3 is 19.7 Å². The van der Waals surface area contributed by atoms with E-state index in [0.29, 0.717) is 24.6 Å². The Morgan fingerprint density at radius 1 is 1.00 bits per heavy atom. The molecule has 3 heterocycles. The fourth-order valence-corrected chi connectivity index (χ4v) is 4.47. The van der Waals surface area contributed by atoms with Gasteiger partial charge in [0.1, 0.15) is 6.04 Å². The molecule has 0 aromatic heterocycles. The molecule has 3 aliphatic heterocycles. The molecule has 35 heavy (non-hydrogen) atoms. The van der Waals surface area contributed by atoms with Crippen LogP contribution in [0.3, 0.4) is 0 Å². The second-order valence-electron chi connectivity index (χ2n) is 8.81. The van der Waals surface area contributed by atoms with Gasteiger partial charge in [-0.2, -0.15) is 0 Å². The van der Waals surface area contributed by atoms with E-state index >= 15 is 0 Å². The summed E-state index contributed by atoms with van der Waals surface area (Å²) in [5.74, 6) is 0.733. The summed E-state index contributed by atoms with van der Waals surface area (Å²) >= 11 is 0. The smallest absolute Gasteiger partial charge is 0.325 e. The average Bonchev–Trinajstić information content (AvgIpc) is 3.45. The molecular weight excluding hydrogens is 448 g/mol. The van der Waals surface area contributed by atoms with Gasteiger partial charge in [0.05, 0.1) is 13.0 Å². The molecule has 0 bridgehead atoms. The number of carbonyl (C=O) groups is 3. The molecule has 0 saturated carbocycles. The first-order valence-electron chi connectivity index (χ1n) is 11.8. The van der Waals surface area contributed by atoms with Crippen molar-refractivity contribution < 1.29 is 23.9 Å². The van der Waals surface area contributed by atoms with Crippen molar-refractivity contribution in [1.29, 1.82) is 0 Å². The van der Waals surface area contributed by atoms with Crippen molar-refractivity contribution in [3.63, 3.8) is 0 Å². The first kappa shape index (κ1) is 22.9. The molecule has 5 rings (SSSR count). The molecule has 0 unspecified atom stereocenters. The molecule has 2 fully saturated rings. The zero-order chi connectivity index (χ0) is 24.2. The molecule has 3 aliphatic rings. The molecule has 2 aromatic carbocycles. The molecule has 4 amide bonds. The SMILES string of the molecule is O=C(C[C@@H]1NC(=O)N(Cc2ccc3c(c2)OCO3)C1=O)N1CCN(CC=Cc2ccccc2)CC1. The lowest BCUT2D eigenvalue weighted by molar-refractivity contribution is -0.137. The summed E-state index contributed by atoms with van der Waals surface area (Å²) in [7, 11) is 0. The van der Waals surface area contributed by atoms with E-state index in [4.69, 9.17) is 9.47 Å². The van der Waals surface area contributed by atoms with Gasteiger partial charge in [-0.25, -0.2) is 4.79 Å². The predicted octanol–water partition coefficient (Wildman–Crippen LogP) is 2.08. The predicted molar refractivity (Wildman–Crippen MR) is 129 cm³/mol. The van der Waals surface area contributed by atoms with Gasteiger partial charge in [-0.3, -0.25) is 19.4 Å². The van der Waals surface area contributed by atoms with Crippen LogP contribution >= 0.6 is 0 Å². The van der Waals surface area contributed by atoms with Gasteiger partial charge in [0.2, 0.25) is 12.7 Å². The van der Waals surface area contributed by atoms with E-state index in [1.165, 1.54) is 0 Å². The standard InChI is InChI=1S/C26H28N4O5/c31-24(29-13-11-28(12-14-29)10-4-7-19-5-2-1-3-6-19)16-21-25(32)30(26(33)27-21)17-20-8-9-22-23(15-20)35-18-34-22/h1-9,15,21H,10-14,16-18H2,(H,27,33)/t21-/m0/s1. The number of carbonyl (C=O) groups excluding carboxylic acids is 3. The number of benzene rings is 2. The maximum atomic E-state index is 12.9. The van der Waals surface area contributed by atoms with Crippen molar-refractivity contribution in [1.82, 2.24) is 20.0 Å². The first-order chi connectivity index (χ1) is 17.1. The summed E-state index contributed by atoms with van der Waals surface area (Å²) in [5, 5.41) is 2.66. The van der Waals surface area contributed by atoms with Crippen LogP contribution in [0.1, 0.15) is 17.5 Å². The Balaban J connectivity index is 1.09. The Hall–Kier alpha value is -3.85. The minimum atomic E-state index is -0.837. The van der Waals surface area contributed by atoms with Crippen LogP contribution in [-0.4, -0.2) is 78.1 Å². The van der Waals surface area contributed by atoms with E-state index < -0.39 is 12.1 Å². The van der Waals surface area contributed by atoms with E-state index in [-0.39, 0.29) is 31.6 Å². The van der Waals surface area contributed by atoms with E-state index in [9.17, 15) is 14.4 Å². The van der Waals surface area contributed by atoms with Crippen LogP contribution in [0, 0.1) is 0 Å². The largest absolute Gasteiger partial charge is 0.454 e. The Bertz CT molecular complexity index is 1130. The summed E-state index contributed by atoms with van der Waals surface area (Å²) in [6.45, 7) is 3.84. The van der Waals surface area contributed by atoms with Crippen molar-refractivity contribution in [2.45, 2.75) is 19.0 Å². The number of amides is 4. The monoisotopic (exact) mass is 476 g/mol. The fraction of sp³-hybridized carbons (Fsp3) is 0.346. The number of urea groups is 1. The molecule has 0 radical (unpaired) electrons. The van der Waals surface area contributed by atoms with Crippen molar-refractivity contribution in [3.05, 3.63) is 65.7 Å². The van der Waals surface area contributed by atoms with Gasteiger partial charge in [-0.05, 0) is 23.3 Å². The van der Waals surface area contributed by atoms with Crippen LogP contribution in [-0.2, 0) is 16.1 Å². The summed E-state index contributed by atoms with van der Waals surface area (Å²) in [4.78, 5) is 43.4. The number of piperazine rings is 1. The Kier molecular flexibility index (Phi) is 6.67. The molecule has 1 N–H and O–H groups in total. The van der Waals surface area contributed by atoms with E-state index in [1.807, 2.05) is 18.2 Å². The van der Waals surface area contributed by atoms with Crippen molar-refractivity contribution in [2.24, 2.45) is 0 Å².